The van der Waals surface area contributed by atoms with Crippen LogP contribution in [0, 0.1) is 6.92 Å². The second kappa shape index (κ2) is 8.88. The molecule has 1 heterocycles. The highest BCUT2D eigenvalue weighted by molar-refractivity contribution is 7.13. The van der Waals surface area contributed by atoms with Gasteiger partial charge in [0.05, 0.1) is 27.0 Å². The summed E-state index contributed by atoms with van der Waals surface area (Å²) in [5, 5.41) is 6.55. The maximum Gasteiger partial charge on any atom is 0.203 e. The molecule has 1 N–H and O–H groups in total. The molecule has 142 valence electrons. The average molecular weight is 385 g/mol. The van der Waals surface area contributed by atoms with Gasteiger partial charge < -0.3 is 19.5 Å². The fourth-order valence-corrected chi connectivity index (χ4v) is 3.67. The Labute approximate surface area is 163 Å². The number of aryl methyl sites for hydroxylation is 1. The summed E-state index contributed by atoms with van der Waals surface area (Å²) in [7, 11) is 4.86. The van der Waals surface area contributed by atoms with Gasteiger partial charge in [-0.3, -0.25) is 0 Å². The van der Waals surface area contributed by atoms with E-state index in [0.717, 1.165) is 21.8 Å². The molecule has 0 saturated carbocycles. The maximum atomic E-state index is 5.53. The molecule has 0 amide bonds. The van der Waals surface area contributed by atoms with E-state index in [9.17, 15) is 0 Å². The zero-order valence-corrected chi connectivity index (χ0v) is 16.9. The summed E-state index contributed by atoms with van der Waals surface area (Å²) in [5.74, 6) is 1.94. The molecule has 0 spiro atoms. The van der Waals surface area contributed by atoms with E-state index < -0.39 is 0 Å². The second-order valence-corrected chi connectivity index (χ2v) is 6.97. The summed E-state index contributed by atoms with van der Waals surface area (Å²) in [5.41, 5.74) is 4.43. The van der Waals surface area contributed by atoms with Crippen molar-refractivity contribution in [2.24, 2.45) is 0 Å². The molecule has 6 heteroatoms. The van der Waals surface area contributed by atoms with Gasteiger partial charge in [0.2, 0.25) is 5.75 Å². The van der Waals surface area contributed by atoms with Crippen LogP contribution in [0.4, 0.5) is 0 Å². The van der Waals surface area contributed by atoms with Crippen molar-refractivity contribution in [3.63, 3.8) is 0 Å². The largest absolute Gasteiger partial charge is 0.493 e. The van der Waals surface area contributed by atoms with E-state index in [1.807, 2.05) is 12.1 Å². The highest BCUT2D eigenvalue weighted by Crippen LogP contribution is 2.39. The van der Waals surface area contributed by atoms with Crippen molar-refractivity contribution in [3.8, 4) is 27.8 Å². The smallest absolute Gasteiger partial charge is 0.203 e. The van der Waals surface area contributed by atoms with Crippen LogP contribution in [-0.4, -0.2) is 26.3 Å². The summed E-state index contributed by atoms with van der Waals surface area (Å²) in [6.07, 6.45) is 0. The highest BCUT2D eigenvalue weighted by atomic mass is 32.1. The monoisotopic (exact) mass is 384 g/mol. The predicted octanol–water partition coefficient (Wildman–Crippen LogP) is 4.43. The van der Waals surface area contributed by atoms with E-state index in [4.69, 9.17) is 19.2 Å². The Balaban J connectivity index is 1.66. The fraction of sp³-hybridized carbons (Fsp3) is 0.286. The van der Waals surface area contributed by atoms with Gasteiger partial charge in [0.25, 0.3) is 0 Å². The van der Waals surface area contributed by atoms with Crippen LogP contribution in [0.25, 0.3) is 10.6 Å². The van der Waals surface area contributed by atoms with Crippen LogP contribution < -0.4 is 19.5 Å². The van der Waals surface area contributed by atoms with Crippen molar-refractivity contribution >= 4 is 11.3 Å². The molecule has 0 fully saturated rings. The van der Waals surface area contributed by atoms with Crippen molar-refractivity contribution < 1.29 is 14.2 Å². The molecule has 2 aromatic carbocycles. The Morgan fingerprint density at radius 3 is 2.30 bits per heavy atom. The fourth-order valence-electron chi connectivity index (χ4n) is 2.84. The highest BCUT2D eigenvalue weighted by Gasteiger charge is 2.15. The number of ether oxygens (including phenoxy) is 3. The molecule has 0 radical (unpaired) electrons. The molecule has 0 aliphatic heterocycles. The topological polar surface area (TPSA) is 52.6 Å². The van der Waals surface area contributed by atoms with E-state index >= 15 is 0 Å². The number of aromatic nitrogens is 1. The predicted molar refractivity (Wildman–Crippen MR) is 109 cm³/mol. The van der Waals surface area contributed by atoms with Crippen LogP contribution in [-0.2, 0) is 13.1 Å². The Bertz CT molecular complexity index is 891. The molecule has 0 aliphatic rings. The second-order valence-electron chi connectivity index (χ2n) is 6.11. The molecule has 0 saturated heterocycles. The van der Waals surface area contributed by atoms with E-state index in [1.165, 1.54) is 5.56 Å². The third-order valence-corrected chi connectivity index (χ3v) is 5.20. The normalized spacial score (nSPS) is 10.7. The number of benzene rings is 2. The molecule has 0 atom stereocenters. The zero-order chi connectivity index (χ0) is 19.2. The number of nitrogens with zero attached hydrogens (tertiary/aromatic N) is 1. The van der Waals surface area contributed by atoms with E-state index in [0.29, 0.717) is 30.3 Å². The quantitative estimate of drug-likeness (QED) is 0.622. The van der Waals surface area contributed by atoms with Gasteiger partial charge in [-0.25, -0.2) is 4.98 Å². The minimum absolute atomic E-state index is 0.606. The molecule has 27 heavy (non-hydrogen) atoms. The van der Waals surface area contributed by atoms with Crippen LogP contribution in [0.15, 0.2) is 41.8 Å². The molecular weight excluding hydrogens is 360 g/mol. The number of hydrogen-bond acceptors (Lipinski definition) is 6. The van der Waals surface area contributed by atoms with Gasteiger partial charge in [-0.2, -0.15) is 0 Å². The van der Waals surface area contributed by atoms with E-state index in [2.05, 4.69) is 41.9 Å². The Hall–Kier alpha value is -2.57. The van der Waals surface area contributed by atoms with Gasteiger partial charge in [-0.05, 0) is 13.0 Å². The lowest BCUT2D eigenvalue weighted by Crippen LogP contribution is -2.14. The van der Waals surface area contributed by atoms with Crippen molar-refractivity contribution in [1.29, 1.82) is 0 Å². The lowest BCUT2D eigenvalue weighted by molar-refractivity contribution is 0.321. The van der Waals surface area contributed by atoms with Gasteiger partial charge in [0, 0.05) is 29.6 Å². The first-order chi connectivity index (χ1) is 13.2. The van der Waals surface area contributed by atoms with Crippen molar-refractivity contribution in [2.45, 2.75) is 20.0 Å². The van der Waals surface area contributed by atoms with Crippen LogP contribution in [0.1, 0.15) is 16.8 Å². The SMILES string of the molecule is COc1ccc(CNCc2csc(-c3ccc(C)cc3)n2)c(OC)c1OC. The van der Waals surface area contributed by atoms with Gasteiger partial charge >= 0.3 is 0 Å². The number of nitrogens with one attached hydrogen (secondary N) is 1. The van der Waals surface area contributed by atoms with Crippen LogP contribution >= 0.6 is 11.3 Å². The van der Waals surface area contributed by atoms with Gasteiger partial charge in [-0.15, -0.1) is 11.3 Å². The summed E-state index contributed by atoms with van der Waals surface area (Å²) < 4.78 is 16.3. The summed E-state index contributed by atoms with van der Waals surface area (Å²) in [6.45, 7) is 3.41. The van der Waals surface area contributed by atoms with Gasteiger partial charge in [0.1, 0.15) is 5.01 Å². The summed E-state index contributed by atoms with van der Waals surface area (Å²) in [4.78, 5) is 4.73. The van der Waals surface area contributed by atoms with E-state index in [1.54, 1.807) is 32.7 Å². The van der Waals surface area contributed by atoms with E-state index in [-0.39, 0.29) is 0 Å². The number of thiazole rings is 1. The van der Waals surface area contributed by atoms with Crippen LogP contribution in [0.5, 0.6) is 17.2 Å². The molecular formula is C21H24N2O3S. The van der Waals surface area contributed by atoms with Crippen molar-refractivity contribution in [1.82, 2.24) is 10.3 Å². The third kappa shape index (κ3) is 4.40. The molecule has 5 nitrogen and oxygen atoms in total. The number of rotatable bonds is 8. The Morgan fingerprint density at radius 1 is 0.889 bits per heavy atom. The molecule has 3 aromatic rings. The van der Waals surface area contributed by atoms with Crippen molar-refractivity contribution in [2.75, 3.05) is 21.3 Å². The number of methoxy groups -OCH3 is 3. The molecule has 3 rings (SSSR count). The summed E-state index contributed by atoms with van der Waals surface area (Å²) in [6, 6.07) is 12.3. The maximum absolute atomic E-state index is 5.53. The minimum atomic E-state index is 0.606. The first-order valence-corrected chi connectivity index (χ1v) is 9.54. The van der Waals surface area contributed by atoms with Crippen LogP contribution in [0.2, 0.25) is 0 Å². The molecule has 0 bridgehead atoms. The molecule has 0 unspecified atom stereocenters. The minimum Gasteiger partial charge on any atom is -0.493 e. The lowest BCUT2D eigenvalue weighted by Gasteiger charge is -2.15. The average Bonchev–Trinajstić information content (AvgIpc) is 3.16. The zero-order valence-electron chi connectivity index (χ0n) is 16.0. The third-order valence-electron chi connectivity index (χ3n) is 4.26. The standard InChI is InChI=1S/C21H24N2O3S/c1-14-5-7-15(8-6-14)21-23-17(13-27-21)12-22-11-16-9-10-18(24-2)20(26-4)19(16)25-3/h5-10,13,22H,11-12H2,1-4H3. The molecule has 0 aliphatic carbocycles. The number of hydrogen-bond donors (Lipinski definition) is 1. The first kappa shape index (κ1) is 19.2. The lowest BCUT2D eigenvalue weighted by atomic mass is 10.1. The van der Waals surface area contributed by atoms with Crippen LogP contribution in [0.3, 0.4) is 0 Å². The summed E-state index contributed by atoms with van der Waals surface area (Å²) >= 11 is 1.66. The first-order valence-electron chi connectivity index (χ1n) is 8.66. The van der Waals surface area contributed by atoms with Gasteiger partial charge in [0.15, 0.2) is 11.5 Å². The molecule has 1 aromatic heterocycles. The van der Waals surface area contributed by atoms with Gasteiger partial charge in [-0.1, -0.05) is 35.9 Å². The Kier molecular flexibility index (Phi) is 6.32. The Morgan fingerprint density at radius 2 is 1.63 bits per heavy atom. The van der Waals surface area contributed by atoms with Crippen molar-refractivity contribution in [3.05, 3.63) is 58.6 Å².